The molecule has 0 saturated heterocycles. The molecule has 1 aliphatic rings. The van der Waals surface area contributed by atoms with Gasteiger partial charge in [-0.1, -0.05) is 0 Å². The molecule has 0 amide bonds. The SMILES string of the molecule is CC(O)CC(C)N(C)CC1(N(C)C)CCC1. The standard InChI is InChI=1S/C13H28N2O/c1-11(9-12(2)16)15(5)10-13(14(3)4)7-6-8-13/h11-12,16H,6-10H2,1-5H3. The van der Waals surface area contributed by atoms with Crippen molar-refractivity contribution in [2.24, 2.45) is 0 Å². The maximum Gasteiger partial charge on any atom is 0.0526 e. The number of hydrogen-bond acceptors (Lipinski definition) is 3. The summed E-state index contributed by atoms with van der Waals surface area (Å²) in [5.74, 6) is 0. The minimum Gasteiger partial charge on any atom is -0.393 e. The Labute approximate surface area is 100 Å². The summed E-state index contributed by atoms with van der Waals surface area (Å²) in [5.41, 5.74) is 0.391. The molecule has 0 spiro atoms. The lowest BCUT2D eigenvalue weighted by atomic mass is 9.75. The van der Waals surface area contributed by atoms with Gasteiger partial charge in [0.25, 0.3) is 0 Å². The molecular weight excluding hydrogens is 200 g/mol. The number of aliphatic hydroxyl groups is 1. The first-order valence-corrected chi connectivity index (χ1v) is 6.43. The predicted molar refractivity (Wildman–Crippen MR) is 68.7 cm³/mol. The highest BCUT2D eigenvalue weighted by Gasteiger charge is 2.40. The van der Waals surface area contributed by atoms with Crippen molar-refractivity contribution in [1.82, 2.24) is 9.80 Å². The summed E-state index contributed by atoms with van der Waals surface area (Å²) in [4.78, 5) is 4.77. The molecule has 0 bridgehead atoms. The Balaban J connectivity index is 2.46. The fourth-order valence-corrected chi connectivity index (χ4v) is 2.63. The molecule has 96 valence electrons. The van der Waals surface area contributed by atoms with Crippen LogP contribution in [0.1, 0.15) is 39.5 Å². The second-order valence-corrected chi connectivity index (χ2v) is 5.82. The van der Waals surface area contributed by atoms with E-state index in [1.165, 1.54) is 19.3 Å². The van der Waals surface area contributed by atoms with Crippen LogP contribution in [0.3, 0.4) is 0 Å². The molecule has 3 heteroatoms. The maximum atomic E-state index is 9.41. The van der Waals surface area contributed by atoms with E-state index in [-0.39, 0.29) is 6.10 Å². The number of nitrogens with zero attached hydrogens (tertiary/aromatic N) is 2. The third-order valence-electron chi connectivity index (χ3n) is 4.21. The molecule has 3 nitrogen and oxygen atoms in total. The smallest absolute Gasteiger partial charge is 0.0526 e. The molecule has 1 saturated carbocycles. The molecule has 1 N–H and O–H groups in total. The van der Waals surface area contributed by atoms with E-state index in [1.807, 2.05) is 6.92 Å². The number of aliphatic hydroxyl groups excluding tert-OH is 1. The molecule has 0 aromatic heterocycles. The highest BCUT2D eigenvalue weighted by atomic mass is 16.3. The summed E-state index contributed by atoms with van der Waals surface area (Å²) in [7, 11) is 6.55. The van der Waals surface area contributed by atoms with E-state index in [4.69, 9.17) is 0 Å². The van der Waals surface area contributed by atoms with Crippen molar-refractivity contribution >= 4 is 0 Å². The van der Waals surface area contributed by atoms with Crippen molar-refractivity contribution in [2.75, 3.05) is 27.7 Å². The molecule has 2 atom stereocenters. The van der Waals surface area contributed by atoms with Crippen LogP contribution in [0.15, 0.2) is 0 Å². The second kappa shape index (κ2) is 5.48. The van der Waals surface area contributed by atoms with Crippen molar-refractivity contribution < 1.29 is 5.11 Å². The van der Waals surface area contributed by atoms with E-state index >= 15 is 0 Å². The summed E-state index contributed by atoms with van der Waals surface area (Å²) in [6.07, 6.45) is 4.64. The van der Waals surface area contributed by atoms with Crippen LogP contribution in [-0.4, -0.2) is 60.3 Å². The van der Waals surface area contributed by atoms with Crippen LogP contribution in [0.2, 0.25) is 0 Å². The maximum absolute atomic E-state index is 9.41. The van der Waals surface area contributed by atoms with Gasteiger partial charge in [0.1, 0.15) is 0 Å². The first kappa shape index (κ1) is 13.9. The summed E-state index contributed by atoms with van der Waals surface area (Å²) in [6, 6.07) is 0.456. The quantitative estimate of drug-likeness (QED) is 0.747. The summed E-state index contributed by atoms with van der Waals surface area (Å²) in [6.45, 7) is 5.19. The molecule has 16 heavy (non-hydrogen) atoms. The van der Waals surface area contributed by atoms with Gasteiger partial charge in [-0.3, -0.25) is 0 Å². The van der Waals surface area contributed by atoms with Crippen molar-refractivity contribution in [3.05, 3.63) is 0 Å². The zero-order valence-electron chi connectivity index (χ0n) is 11.5. The molecular formula is C13H28N2O. The molecule has 0 aromatic carbocycles. The Hall–Kier alpha value is -0.120. The number of likely N-dealkylation sites (N-methyl/N-ethyl adjacent to an activating group) is 2. The van der Waals surface area contributed by atoms with E-state index in [0.717, 1.165) is 13.0 Å². The topological polar surface area (TPSA) is 26.7 Å². The molecule has 2 unspecified atom stereocenters. The lowest BCUT2D eigenvalue weighted by molar-refractivity contribution is 0.0118. The van der Waals surface area contributed by atoms with Crippen molar-refractivity contribution in [3.63, 3.8) is 0 Å². The first-order chi connectivity index (χ1) is 7.37. The van der Waals surface area contributed by atoms with E-state index in [2.05, 4.69) is 37.9 Å². The molecule has 1 fully saturated rings. The summed E-state index contributed by atoms with van der Waals surface area (Å²) >= 11 is 0. The van der Waals surface area contributed by atoms with Gasteiger partial charge in [-0.15, -0.1) is 0 Å². The van der Waals surface area contributed by atoms with E-state index in [0.29, 0.717) is 11.6 Å². The minimum atomic E-state index is -0.200. The number of rotatable bonds is 6. The van der Waals surface area contributed by atoms with Gasteiger partial charge >= 0.3 is 0 Å². The lowest BCUT2D eigenvalue weighted by Crippen LogP contribution is -2.57. The zero-order valence-corrected chi connectivity index (χ0v) is 11.5. The van der Waals surface area contributed by atoms with Gasteiger partial charge in [0.2, 0.25) is 0 Å². The Bertz CT molecular complexity index is 212. The van der Waals surface area contributed by atoms with E-state index in [1.54, 1.807) is 0 Å². The molecule has 0 aliphatic heterocycles. The van der Waals surface area contributed by atoms with Crippen LogP contribution in [0.25, 0.3) is 0 Å². The molecule has 1 aliphatic carbocycles. The zero-order chi connectivity index (χ0) is 12.3. The van der Waals surface area contributed by atoms with Crippen LogP contribution in [0.4, 0.5) is 0 Å². The molecule has 0 heterocycles. The van der Waals surface area contributed by atoms with E-state index < -0.39 is 0 Å². The largest absolute Gasteiger partial charge is 0.393 e. The highest BCUT2D eigenvalue weighted by molar-refractivity contribution is 4.98. The summed E-state index contributed by atoms with van der Waals surface area (Å²) < 4.78 is 0. The Morgan fingerprint density at radius 3 is 2.06 bits per heavy atom. The first-order valence-electron chi connectivity index (χ1n) is 6.43. The third-order valence-corrected chi connectivity index (χ3v) is 4.21. The highest BCUT2D eigenvalue weighted by Crippen LogP contribution is 2.37. The average Bonchev–Trinajstić information content (AvgIpc) is 2.08. The number of hydrogen-bond donors (Lipinski definition) is 1. The van der Waals surface area contributed by atoms with Gasteiger partial charge in [-0.2, -0.15) is 0 Å². The van der Waals surface area contributed by atoms with Crippen LogP contribution in [0.5, 0.6) is 0 Å². The summed E-state index contributed by atoms with van der Waals surface area (Å²) in [5, 5.41) is 9.41. The minimum absolute atomic E-state index is 0.200. The van der Waals surface area contributed by atoms with Gasteiger partial charge in [-0.25, -0.2) is 0 Å². The van der Waals surface area contributed by atoms with Crippen LogP contribution >= 0.6 is 0 Å². The van der Waals surface area contributed by atoms with Gasteiger partial charge in [0.15, 0.2) is 0 Å². The molecule has 0 aromatic rings. The van der Waals surface area contributed by atoms with Crippen LogP contribution in [0, 0.1) is 0 Å². The molecule has 1 rings (SSSR count). The van der Waals surface area contributed by atoms with Crippen molar-refractivity contribution in [2.45, 2.75) is 57.2 Å². The van der Waals surface area contributed by atoms with Gasteiger partial charge < -0.3 is 14.9 Å². The lowest BCUT2D eigenvalue weighted by Gasteiger charge is -2.50. The normalized spacial score (nSPS) is 23.2. The van der Waals surface area contributed by atoms with Gasteiger partial charge in [0, 0.05) is 18.1 Å². The second-order valence-electron chi connectivity index (χ2n) is 5.82. The van der Waals surface area contributed by atoms with Crippen molar-refractivity contribution in [3.8, 4) is 0 Å². The Kier molecular flexibility index (Phi) is 4.77. The fourth-order valence-electron chi connectivity index (χ4n) is 2.63. The Morgan fingerprint density at radius 1 is 1.19 bits per heavy atom. The average molecular weight is 228 g/mol. The van der Waals surface area contributed by atoms with E-state index in [9.17, 15) is 5.11 Å². The predicted octanol–water partition coefficient (Wildman–Crippen LogP) is 1.56. The third kappa shape index (κ3) is 3.19. The Morgan fingerprint density at radius 2 is 1.75 bits per heavy atom. The van der Waals surface area contributed by atoms with Crippen LogP contribution in [-0.2, 0) is 0 Å². The molecule has 0 radical (unpaired) electrons. The fraction of sp³-hybridized carbons (Fsp3) is 1.00. The van der Waals surface area contributed by atoms with Gasteiger partial charge in [-0.05, 0) is 60.7 Å². The van der Waals surface area contributed by atoms with Gasteiger partial charge in [0.05, 0.1) is 6.10 Å². The van der Waals surface area contributed by atoms with Crippen molar-refractivity contribution in [1.29, 1.82) is 0 Å². The monoisotopic (exact) mass is 228 g/mol. The van der Waals surface area contributed by atoms with Crippen LogP contribution < -0.4 is 0 Å².